The van der Waals surface area contributed by atoms with E-state index < -0.39 is 0 Å². The number of nitrogens with one attached hydrogen (secondary N) is 1. The van der Waals surface area contributed by atoms with Gasteiger partial charge in [0.05, 0.1) is 11.7 Å². The molecule has 2 aromatic heterocycles. The van der Waals surface area contributed by atoms with E-state index in [0.717, 1.165) is 24.4 Å². The minimum Gasteiger partial charge on any atom is -0.308 e. The molecule has 1 atom stereocenters. The first kappa shape index (κ1) is 13.0. The van der Waals surface area contributed by atoms with Crippen molar-refractivity contribution < 1.29 is 0 Å². The summed E-state index contributed by atoms with van der Waals surface area (Å²) < 4.78 is 1.33. The summed E-state index contributed by atoms with van der Waals surface area (Å²) in [6, 6.07) is 0.243. The molecule has 1 saturated heterocycles. The van der Waals surface area contributed by atoms with Gasteiger partial charge in [0.15, 0.2) is 0 Å². The third-order valence-corrected chi connectivity index (χ3v) is 4.68. The molecule has 0 bridgehead atoms. The van der Waals surface area contributed by atoms with E-state index >= 15 is 0 Å². The molecule has 0 aromatic carbocycles. The van der Waals surface area contributed by atoms with Gasteiger partial charge in [-0.05, 0) is 25.3 Å². The van der Waals surface area contributed by atoms with Crippen LogP contribution in [-0.2, 0) is 0 Å². The highest BCUT2D eigenvalue weighted by Crippen LogP contribution is 2.28. The molecule has 2 aromatic rings. The molecule has 1 fully saturated rings. The van der Waals surface area contributed by atoms with Gasteiger partial charge in [-0.15, -0.1) is 0 Å². The summed E-state index contributed by atoms with van der Waals surface area (Å²) in [5, 5.41) is 8.85. The number of nitrogens with zero attached hydrogens (tertiary/aromatic N) is 3. The molecular weight excluding hydrogens is 284 g/mol. The Hall–Kier alpha value is -0.980. The van der Waals surface area contributed by atoms with Crippen LogP contribution in [0.2, 0.25) is 5.02 Å². The van der Waals surface area contributed by atoms with Gasteiger partial charge in [-0.25, -0.2) is 4.98 Å². The van der Waals surface area contributed by atoms with Gasteiger partial charge in [-0.3, -0.25) is 4.79 Å². The summed E-state index contributed by atoms with van der Waals surface area (Å²) in [7, 11) is 0. The molecule has 0 aliphatic carbocycles. The van der Waals surface area contributed by atoms with Crippen molar-refractivity contribution in [1.29, 1.82) is 0 Å². The molecule has 5 nitrogen and oxygen atoms in total. The van der Waals surface area contributed by atoms with Crippen molar-refractivity contribution in [3.8, 4) is 0 Å². The summed E-state index contributed by atoms with van der Waals surface area (Å²) in [6.45, 7) is 4.95. The Labute approximate surface area is 119 Å². The van der Waals surface area contributed by atoms with Gasteiger partial charge in [-0.1, -0.05) is 36.8 Å². The van der Waals surface area contributed by atoms with Gasteiger partial charge >= 0.3 is 0 Å². The maximum absolute atomic E-state index is 12.2. The van der Waals surface area contributed by atoms with E-state index in [9.17, 15) is 4.79 Å². The number of rotatable bonds is 2. The predicted octanol–water partition coefficient (Wildman–Crippen LogP) is 2.35. The zero-order chi connectivity index (χ0) is 13.6. The minimum atomic E-state index is -0.268. The molecule has 102 valence electrons. The fourth-order valence-electron chi connectivity index (χ4n) is 2.27. The van der Waals surface area contributed by atoms with Crippen molar-refractivity contribution in [2.45, 2.75) is 38.6 Å². The maximum atomic E-state index is 12.2. The topological polar surface area (TPSA) is 59.3 Å². The van der Waals surface area contributed by atoms with Crippen molar-refractivity contribution in [1.82, 2.24) is 19.9 Å². The zero-order valence-electron chi connectivity index (χ0n) is 10.8. The lowest BCUT2D eigenvalue weighted by atomic mass is 10.1. The summed E-state index contributed by atoms with van der Waals surface area (Å²) in [5.41, 5.74) is 0.386. The van der Waals surface area contributed by atoms with Crippen LogP contribution in [-0.4, -0.2) is 21.1 Å². The lowest BCUT2D eigenvalue weighted by Gasteiger charge is -2.05. The molecule has 0 unspecified atom stereocenters. The lowest BCUT2D eigenvalue weighted by molar-refractivity contribution is 0.627. The molecule has 3 rings (SSSR count). The molecule has 3 heterocycles. The van der Waals surface area contributed by atoms with Gasteiger partial charge < -0.3 is 5.32 Å². The van der Waals surface area contributed by atoms with Crippen molar-refractivity contribution in [2.75, 3.05) is 6.54 Å². The summed E-state index contributed by atoms with van der Waals surface area (Å²) in [6.07, 6.45) is 2.19. The number of aromatic nitrogens is 3. The average molecular weight is 299 g/mol. The zero-order valence-corrected chi connectivity index (χ0v) is 12.4. The van der Waals surface area contributed by atoms with Crippen LogP contribution in [0.1, 0.15) is 49.4 Å². The van der Waals surface area contributed by atoms with Crippen molar-refractivity contribution in [2.24, 2.45) is 0 Å². The highest BCUT2D eigenvalue weighted by molar-refractivity contribution is 7.16. The highest BCUT2D eigenvalue weighted by Gasteiger charge is 2.23. The van der Waals surface area contributed by atoms with Crippen LogP contribution in [0.4, 0.5) is 0 Å². The summed E-state index contributed by atoms with van der Waals surface area (Å²) >= 11 is 7.56. The molecule has 1 N–H and O–H groups in total. The first-order valence-corrected chi connectivity index (χ1v) is 7.60. The SMILES string of the molecule is CC(C)c1nc2sc([C@H]3CCCN3)nn2c(=O)c1Cl. The van der Waals surface area contributed by atoms with E-state index in [0.29, 0.717) is 10.7 Å². The second kappa shape index (κ2) is 4.85. The largest absolute Gasteiger partial charge is 0.308 e. The Balaban J connectivity index is 2.17. The van der Waals surface area contributed by atoms with Crippen LogP contribution in [0, 0.1) is 0 Å². The van der Waals surface area contributed by atoms with E-state index in [1.807, 2.05) is 13.8 Å². The average Bonchev–Trinajstić information content (AvgIpc) is 3.01. The molecule has 1 aliphatic heterocycles. The van der Waals surface area contributed by atoms with Gasteiger partial charge in [0.25, 0.3) is 5.56 Å². The predicted molar refractivity (Wildman–Crippen MR) is 76.2 cm³/mol. The Bertz CT molecular complexity index is 672. The Morgan fingerprint density at radius 2 is 2.32 bits per heavy atom. The lowest BCUT2D eigenvalue weighted by Crippen LogP contribution is -2.19. The fourth-order valence-corrected chi connectivity index (χ4v) is 3.62. The van der Waals surface area contributed by atoms with Crippen LogP contribution < -0.4 is 10.9 Å². The third kappa shape index (κ3) is 2.17. The molecule has 7 heteroatoms. The second-order valence-corrected chi connectivity index (χ2v) is 6.42. The smallest absolute Gasteiger partial charge is 0.294 e. The normalized spacial score (nSPS) is 19.7. The molecule has 19 heavy (non-hydrogen) atoms. The van der Waals surface area contributed by atoms with Gasteiger partial charge in [-0.2, -0.15) is 9.61 Å². The Kier molecular flexibility index (Phi) is 3.32. The van der Waals surface area contributed by atoms with Crippen LogP contribution >= 0.6 is 22.9 Å². The number of fused-ring (bicyclic) bond motifs is 1. The van der Waals surface area contributed by atoms with E-state index in [1.54, 1.807) is 0 Å². The highest BCUT2D eigenvalue weighted by atomic mass is 35.5. The van der Waals surface area contributed by atoms with E-state index in [4.69, 9.17) is 11.6 Å². The molecular formula is C12H15ClN4OS. The second-order valence-electron chi connectivity index (χ2n) is 5.05. The maximum Gasteiger partial charge on any atom is 0.294 e. The standard InChI is InChI=1S/C12H15ClN4OS/c1-6(2)9-8(13)11(18)17-12(15-9)19-10(16-17)7-4-3-5-14-7/h6-7,14H,3-5H2,1-2H3/t7-/m1/s1. The van der Waals surface area contributed by atoms with E-state index in [-0.39, 0.29) is 22.5 Å². The van der Waals surface area contributed by atoms with E-state index in [2.05, 4.69) is 15.4 Å². The number of halogens is 1. The van der Waals surface area contributed by atoms with Crippen molar-refractivity contribution in [3.63, 3.8) is 0 Å². The quantitative estimate of drug-likeness (QED) is 0.924. The molecule has 0 amide bonds. The van der Waals surface area contributed by atoms with Crippen LogP contribution in [0.5, 0.6) is 0 Å². The third-order valence-electron chi connectivity index (χ3n) is 3.30. The monoisotopic (exact) mass is 298 g/mol. The molecule has 0 radical (unpaired) electrons. The van der Waals surface area contributed by atoms with Gasteiger partial charge in [0, 0.05) is 0 Å². The van der Waals surface area contributed by atoms with E-state index in [1.165, 1.54) is 15.9 Å². The van der Waals surface area contributed by atoms with Gasteiger partial charge in [0.1, 0.15) is 10.0 Å². The van der Waals surface area contributed by atoms with Crippen LogP contribution in [0.15, 0.2) is 4.79 Å². The fraction of sp³-hybridized carbons (Fsp3) is 0.583. The number of hydrogen-bond donors (Lipinski definition) is 1. The van der Waals surface area contributed by atoms with Crippen molar-refractivity contribution in [3.05, 3.63) is 26.1 Å². The first-order chi connectivity index (χ1) is 9.08. The van der Waals surface area contributed by atoms with Gasteiger partial charge in [0.2, 0.25) is 4.96 Å². The van der Waals surface area contributed by atoms with Crippen molar-refractivity contribution >= 4 is 27.9 Å². The summed E-state index contributed by atoms with van der Waals surface area (Å²) in [5.74, 6) is 0.125. The molecule has 1 aliphatic rings. The molecule has 0 spiro atoms. The number of hydrogen-bond acceptors (Lipinski definition) is 5. The summed E-state index contributed by atoms with van der Waals surface area (Å²) in [4.78, 5) is 17.3. The van der Waals surface area contributed by atoms with Crippen LogP contribution in [0.25, 0.3) is 4.96 Å². The van der Waals surface area contributed by atoms with Crippen LogP contribution in [0.3, 0.4) is 0 Å². The minimum absolute atomic E-state index is 0.125. The first-order valence-electron chi connectivity index (χ1n) is 6.40. The Morgan fingerprint density at radius 3 is 2.95 bits per heavy atom. The Morgan fingerprint density at radius 1 is 1.53 bits per heavy atom. The molecule has 0 saturated carbocycles.